The lowest BCUT2D eigenvalue weighted by Crippen LogP contribution is -2.24. The van der Waals surface area contributed by atoms with Crippen molar-refractivity contribution in [3.63, 3.8) is 0 Å². The SMILES string of the molecule is C=CCn1c(SCC(=O)Nc2cc(C3CC3)nn2-c2ccccc2)nc2ccccc2c1=O. The lowest BCUT2D eigenvalue weighted by Gasteiger charge is -2.12. The van der Waals surface area contributed by atoms with Gasteiger partial charge in [0.2, 0.25) is 5.91 Å². The predicted octanol–water partition coefficient (Wildman–Crippen LogP) is 4.38. The second-order valence-corrected chi connectivity index (χ2v) is 8.87. The van der Waals surface area contributed by atoms with E-state index in [9.17, 15) is 9.59 Å². The number of amides is 1. The third-order valence-corrected chi connectivity index (χ3v) is 6.44. The lowest BCUT2D eigenvalue weighted by molar-refractivity contribution is -0.113. The van der Waals surface area contributed by atoms with Gasteiger partial charge in [0.25, 0.3) is 5.56 Å². The second kappa shape index (κ2) is 9.07. The number of thioether (sulfide) groups is 1. The number of fused-ring (bicyclic) bond motifs is 1. The Balaban J connectivity index is 1.38. The van der Waals surface area contributed by atoms with Gasteiger partial charge in [-0.25, -0.2) is 9.67 Å². The van der Waals surface area contributed by atoms with E-state index in [4.69, 9.17) is 5.10 Å². The van der Waals surface area contributed by atoms with Crippen molar-refractivity contribution in [2.45, 2.75) is 30.5 Å². The van der Waals surface area contributed by atoms with Crippen LogP contribution in [-0.2, 0) is 11.3 Å². The van der Waals surface area contributed by atoms with E-state index in [2.05, 4.69) is 16.9 Å². The van der Waals surface area contributed by atoms with Crippen molar-refractivity contribution in [3.05, 3.63) is 89.4 Å². The average molecular weight is 458 g/mol. The van der Waals surface area contributed by atoms with Crippen molar-refractivity contribution in [2.75, 3.05) is 11.1 Å². The molecule has 2 aromatic heterocycles. The first-order chi connectivity index (χ1) is 16.1. The van der Waals surface area contributed by atoms with Crippen LogP contribution in [0.25, 0.3) is 16.6 Å². The maximum atomic E-state index is 12.9. The van der Waals surface area contributed by atoms with E-state index >= 15 is 0 Å². The zero-order valence-corrected chi connectivity index (χ0v) is 18.8. The zero-order chi connectivity index (χ0) is 22.8. The number of rotatable bonds is 8. The van der Waals surface area contributed by atoms with E-state index in [0.717, 1.165) is 24.2 Å². The molecule has 1 aliphatic carbocycles. The van der Waals surface area contributed by atoms with Crippen molar-refractivity contribution in [1.29, 1.82) is 0 Å². The Morgan fingerprint density at radius 3 is 2.67 bits per heavy atom. The van der Waals surface area contributed by atoms with Gasteiger partial charge in [0, 0.05) is 18.5 Å². The molecule has 7 nitrogen and oxygen atoms in total. The van der Waals surface area contributed by atoms with Gasteiger partial charge in [-0.15, -0.1) is 6.58 Å². The Kier molecular flexibility index (Phi) is 5.83. The van der Waals surface area contributed by atoms with Crippen molar-refractivity contribution >= 4 is 34.4 Å². The van der Waals surface area contributed by atoms with E-state index in [1.165, 1.54) is 11.8 Å². The number of hydrogen-bond acceptors (Lipinski definition) is 5. The average Bonchev–Trinajstić information content (AvgIpc) is 3.61. The molecule has 33 heavy (non-hydrogen) atoms. The van der Waals surface area contributed by atoms with Gasteiger partial charge in [-0.05, 0) is 37.1 Å². The van der Waals surface area contributed by atoms with Crippen LogP contribution in [0.2, 0.25) is 0 Å². The first-order valence-corrected chi connectivity index (χ1v) is 11.8. The summed E-state index contributed by atoms with van der Waals surface area (Å²) in [5, 5.41) is 8.75. The number of hydrogen-bond donors (Lipinski definition) is 1. The van der Waals surface area contributed by atoms with Gasteiger partial charge in [0.15, 0.2) is 5.16 Å². The summed E-state index contributed by atoms with van der Waals surface area (Å²) in [6.45, 7) is 4.07. The Labute approximate surface area is 195 Å². The van der Waals surface area contributed by atoms with E-state index in [1.807, 2.05) is 48.5 Å². The van der Waals surface area contributed by atoms with Crippen LogP contribution in [0.15, 0.2) is 83.3 Å². The number of aromatic nitrogens is 4. The molecule has 8 heteroatoms. The molecule has 0 atom stereocenters. The molecule has 1 aliphatic rings. The lowest BCUT2D eigenvalue weighted by atomic mass is 10.2. The highest BCUT2D eigenvalue weighted by molar-refractivity contribution is 7.99. The smallest absolute Gasteiger partial charge is 0.262 e. The number of anilines is 1. The largest absolute Gasteiger partial charge is 0.310 e. The summed E-state index contributed by atoms with van der Waals surface area (Å²) in [4.78, 5) is 30.4. The zero-order valence-electron chi connectivity index (χ0n) is 18.0. The van der Waals surface area contributed by atoms with Crippen molar-refractivity contribution in [2.24, 2.45) is 0 Å². The van der Waals surface area contributed by atoms with Crippen LogP contribution in [-0.4, -0.2) is 31.0 Å². The summed E-state index contributed by atoms with van der Waals surface area (Å²) in [7, 11) is 0. The second-order valence-electron chi connectivity index (χ2n) is 7.93. The van der Waals surface area contributed by atoms with Crippen LogP contribution in [0.1, 0.15) is 24.5 Å². The minimum absolute atomic E-state index is 0.112. The minimum Gasteiger partial charge on any atom is -0.310 e. The summed E-state index contributed by atoms with van der Waals surface area (Å²) in [6, 6.07) is 18.9. The fraction of sp³-hybridized carbons (Fsp3) is 0.200. The predicted molar refractivity (Wildman–Crippen MR) is 131 cm³/mol. The third-order valence-electron chi connectivity index (χ3n) is 5.46. The Hall–Kier alpha value is -3.65. The molecule has 1 amide bonds. The number of nitrogens with zero attached hydrogens (tertiary/aromatic N) is 4. The van der Waals surface area contributed by atoms with Crippen LogP contribution in [0, 0.1) is 0 Å². The Morgan fingerprint density at radius 1 is 1.15 bits per heavy atom. The van der Waals surface area contributed by atoms with E-state index in [0.29, 0.717) is 34.3 Å². The van der Waals surface area contributed by atoms with Crippen LogP contribution < -0.4 is 10.9 Å². The molecule has 1 fully saturated rings. The number of benzene rings is 2. The molecule has 0 spiro atoms. The molecule has 1 N–H and O–H groups in total. The molecule has 2 aromatic carbocycles. The van der Waals surface area contributed by atoms with Crippen molar-refractivity contribution < 1.29 is 4.79 Å². The highest BCUT2D eigenvalue weighted by atomic mass is 32.2. The minimum atomic E-state index is -0.188. The molecule has 0 radical (unpaired) electrons. The van der Waals surface area contributed by atoms with Gasteiger partial charge >= 0.3 is 0 Å². The van der Waals surface area contributed by atoms with Gasteiger partial charge in [0.1, 0.15) is 5.82 Å². The molecule has 5 rings (SSSR count). The number of nitrogens with one attached hydrogen (secondary N) is 1. The summed E-state index contributed by atoms with van der Waals surface area (Å²) in [5.41, 5.74) is 2.36. The fourth-order valence-corrected chi connectivity index (χ4v) is 4.50. The van der Waals surface area contributed by atoms with Crippen molar-refractivity contribution in [3.8, 4) is 5.69 Å². The topological polar surface area (TPSA) is 81.8 Å². The standard InChI is InChI=1S/C25H23N5O2S/c1-2-14-29-24(32)19-10-6-7-11-20(19)26-25(29)33-16-23(31)27-22-15-21(17-12-13-17)28-30(22)18-8-4-3-5-9-18/h2-11,15,17H,1,12-14,16H2,(H,27,31). The molecule has 0 unspecified atom stereocenters. The molecule has 4 aromatic rings. The Morgan fingerprint density at radius 2 is 1.91 bits per heavy atom. The summed E-state index contributed by atoms with van der Waals surface area (Å²) < 4.78 is 3.32. The summed E-state index contributed by atoms with van der Waals surface area (Å²) in [5.74, 6) is 1.03. The monoisotopic (exact) mass is 457 g/mol. The van der Waals surface area contributed by atoms with E-state index in [1.54, 1.807) is 27.5 Å². The van der Waals surface area contributed by atoms with Gasteiger partial charge < -0.3 is 5.32 Å². The van der Waals surface area contributed by atoms with Gasteiger partial charge in [-0.1, -0.05) is 48.2 Å². The number of carbonyl (C=O) groups excluding carboxylic acids is 1. The quantitative estimate of drug-likeness (QED) is 0.241. The highest BCUT2D eigenvalue weighted by Crippen LogP contribution is 2.40. The molecule has 0 aliphatic heterocycles. The van der Waals surface area contributed by atoms with Gasteiger partial charge in [-0.2, -0.15) is 5.10 Å². The van der Waals surface area contributed by atoms with Crippen LogP contribution >= 0.6 is 11.8 Å². The summed E-state index contributed by atoms with van der Waals surface area (Å²) >= 11 is 1.23. The number of carbonyl (C=O) groups is 1. The van der Waals surface area contributed by atoms with Crippen molar-refractivity contribution in [1.82, 2.24) is 19.3 Å². The number of para-hydroxylation sites is 2. The highest BCUT2D eigenvalue weighted by Gasteiger charge is 2.28. The van der Waals surface area contributed by atoms with Crippen LogP contribution in [0.4, 0.5) is 5.82 Å². The van der Waals surface area contributed by atoms with Crippen LogP contribution in [0.3, 0.4) is 0 Å². The molecular weight excluding hydrogens is 434 g/mol. The molecule has 166 valence electrons. The molecule has 0 bridgehead atoms. The van der Waals surface area contributed by atoms with E-state index in [-0.39, 0.29) is 17.2 Å². The van der Waals surface area contributed by atoms with E-state index < -0.39 is 0 Å². The van der Waals surface area contributed by atoms with Gasteiger partial charge in [0.05, 0.1) is 28.0 Å². The first kappa shape index (κ1) is 21.2. The first-order valence-electron chi connectivity index (χ1n) is 10.8. The molecular formula is C25H23N5O2S. The molecule has 2 heterocycles. The summed E-state index contributed by atoms with van der Waals surface area (Å²) in [6.07, 6.45) is 3.91. The number of allylic oxidation sites excluding steroid dienone is 1. The van der Waals surface area contributed by atoms with Gasteiger partial charge in [-0.3, -0.25) is 14.2 Å². The molecule has 1 saturated carbocycles. The third kappa shape index (κ3) is 4.47. The Bertz CT molecular complexity index is 1390. The normalized spacial score (nSPS) is 13.2. The fourth-order valence-electron chi connectivity index (χ4n) is 3.69. The maximum Gasteiger partial charge on any atom is 0.262 e. The molecule has 0 saturated heterocycles. The van der Waals surface area contributed by atoms with Crippen LogP contribution in [0.5, 0.6) is 0 Å². The maximum absolute atomic E-state index is 12.9.